The van der Waals surface area contributed by atoms with Gasteiger partial charge >= 0.3 is 11.6 Å². The summed E-state index contributed by atoms with van der Waals surface area (Å²) in [5.74, 6) is 0.101. The number of carbonyl (C=O) groups excluding carboxylic acids is 1. The number of benzene rings is 1. The van der Waals surface area contributed by atoms with E-state index in [0.717, 1.165) is 5.57 Å². The molecular formula is C19H18O6. The van der Waals surface area contributed by atoms with Crippen molar-refractivity contribution in [3.63, 3.8) is 0 Å². The molecule has 25 heavy (non-hydrogen) atoms. The van der Waals surface area contributed by atoms with Gasteiger partial charge in [0.15, 0.2) is 0 Å². The summed E-state index contributed by atoms with van der Waals surface area (Å²) in [6.45, 7) is 3.93. The molecule has 1 aromatic heterocycles. The molecule has 0 radical (unpaired) electrons. The van der Waals surface area contributed by atoms with E-state index in [1.807, 2.05) is 19.1 Å². The summed E-state index contributed by atoms with van der Waals surface area (Å²) in [6.07, 6.45) is 4.05. The molecule has 0 spiro atoms. The van der Waals surface area contributed by atoms with E-state index in [2.05, 4.69) is 0 Å². The second-order valence-electron chi connectivity index (χ2n) is 5.97. The first-order valence-corrected chi connectivity index (χ1v) is 7.87. The van der Waals surface area contributed by atoms with Crippen molar-refractivity contribution in [1.29, 1.82) is 0 Å². The molecule has 130 valence electrons. The van der Waals surface area contributed by atoms with Gasteiger partial charge in [-0.1, -0.05) is 5.57 Å². The molecule has 1 aliphatic rings. The third kappa shape index (κ3) is 3.91. The number of phenolic OH excluding ortho intramolecular Hbond substituents is 1. The maximum Gasteiger partial charge on any atom is 0.336 e. The first-order chi connectivity index (χ1) is 11.9. The minimum atomic E-state index is -0.491. The summed E-state index contributed by atoms with van der Waals surface area (Å²) in [4.78, 5) is 22.6. The van der Waals surface area contributed by atoms with Crippen LogP contribution >= 0.6 is 0 Å². The lowest BCUT2D eigenvalue weighted by atomic mass is 10.1. The third-order valence-corrected chi connectivity index (χ3v) is 3.90. The van der Waals surface area contributed by atoms with E-state index in [-0.39, 0.29) is 30.0 Å². The van der Waals surface area contributed by atoms with Crippen molar-refractivity contribution in [1.82, 2.24) is 0 Å². The van der Waals surface area contributed by atoms with E-state index in [4.69, 9.17) is 13.9 Å². The standard InChI is InChI=1S/C19H18O6/c1-11(7-14-8-12(2)19(22)24-14)5-6-23-16-9-13(20)10-17-15(16)3-4-18(21)25-17/h3-5,8-10,14,20H,6-7H2,1-2H3. The minimum Gasteiger partial charge on any atom is -0.508 e. The van der Waals surface area contributed by atoms with E-state index in [1.54, 1.807) is 13.0 Å². The maximum atomic E-state index is 11.4. The number of hydrogen-bond donors (Lipinski definition) is 1. The van der Waals surface area contributed by atoms with E-state index < -0.39 is 5.63 Å². The Morgan fingerprint density at radius 1 is 1.32 bits per heavy atom. The van der Waals surface area contributed by atoms with Crippen LogP contribution in [0.15, 0.2) is 56.8 Å². The molecule has 6 heteroatoms. The van der Waals surface area contributed by atoms with Crippen molar-refractivity contribution in [3.8, 4) is 11.5 Å². The Kier molecular flexibility index (Phi) is 4.61. The zero-order valence-corrected chi connectivity index (χ0v) is 13.9. The van der Waals surface area contributed by atoms with Crippen molar-refractivity contribution in [2.75, 3.05) is 6.61 Å². The molecule has 0 saturated carbocycles. The topological polar surface area (TPSA) is 86.0 Å². The number of fused-ring (bicyclic) bond motifs is 1. The molecule has 0 amide bonds. The van der Waals surface area contributed by atoms with Gasteiger partial charge < -0.3 is 19.0 Å². The van der Waals surface area contributed by atoms with Crippen molar-refractivity contribution >= 4 is 16.9 Å². The van der Waals surface area contributed by atoms with Gasteiger partial charge in [-0.25, -0.2) is 9.59 Å². The van der Waals surface area contributed by atoms with Crippen LogP contribution in [0.3, 0.4) is 0 Å². The molecule has 6 nitrogen and oxygen atoms in total. The van der Waals surface area contributed by atoms with Gasteiger partial charge in [0.1, 0.15) is 29.8 Å². The van der Waals surface area contributed by atoms with Crippen LogP contribution in [-0.2, 0) is 9.53 Å². The SMILES string of the molecule is CC(=CCOc1cc(O)cc2oc(=O)ccc12)CC1C=C(C)C(=O)O1. The number of ether oxygens (including phenoxy) is 2. The second kappa shape index (κ2) is 6.84. The fourth-order valence-electron chi connectivity index (χ4n) is 2.64. The van der Waals surface area contributed by atoms with E-state index in [0.29, 0.717) is 23.1 Å². The number of esters is 1. The molecule has 1 aliphatic heterocycles. The third-order valence-electron chi connectivity index (χ3n) is 3.90. The van der Waals surface area contributed by atoms with Gasteiger partial charge in [0.05, 0.1) is 5.39 Å². The van der Waals surface area contributed by atoms with Crippen LogP contribution in [-0.4, -0.2) is 23.8 Å². The summed E-state index contributed by atoms with van der Waals surface area (Å²) in [6, 6.07) is 5.73. The zero-order valence-electron chi connectivity index (χ0n) is 13.9. The van der Waals surface area contributed by atoms with Gasteiger partial charge in [0.25, 0.3) is 0 Å². The fourth-order valence-corrected chi connectivity index (χ4v) is 2.64. The quantitative estimate of drug-likeness (QED) is 0.510. The Morgan fingerprint density at radius 3 is 2.84 bits per heavy atom. The van der Waals surface area contributed by atoms with Crippen LogP contribution in [0.2, 0.25) is 0 Å². The molecule has 1 atom stereocenters. The molecule has 0 saturated heterocycles. The highest BCUT2D eigenvalue weighted by molar-refractivity contribution is 5.90. The number of hydrogen-bond acceptors (Lipinski definition) is 6. The van der Waals surface area contributed by atoms with Crippen molar-refractivity contribution in [2.45, 2.75) is 26.4 Å². The largest absolute Gasteiger partial charge is 0.508 e. The number of rotatable bonds is 5. The Balaban J connectivity index is 1.68. The Bertz CT molecular complexity index is 935. The van der Waals surface area contributed by atoms with Crippen molar-refractivity contribution in [3.05, 3.63) is 58.0 Å². The Labute approximate surface area is 144 Å². The zero-order chi connectivity index (χ0) is 18.0. The number of aromatic hydroxyl groups is 1. The first-order valence-electron chi connectivity index (χ1n) is 7.87. The highest BCUT2D eigenvalue weighted by Crippen LogP contribution is 2.30. The predicted molar refractivity (Wildman–Crippen MR) is 91.7 cm³/mol. The average molecular weight is 342 g/mol. The number of carbonyl (C=O) groups is 1. The minimum absolute atomic E-state index is 0.0453. The Hall–Kier alpha value is -3.02. The summed E-state index contributed by atoms with van der Waals surface area (Å²) in [5, 5.41) is 10.3. The molecule has 2 heterocycles. The van der Waals surface area contributed by atoms with Crippen LogP contribution in [0.4, 0.5) is 0 Å². The molecule has 0 fully saturated rings. The molecular weight excluding hydrogens is 324 g/mol. The van der Waals surface area contributed by atoms with Crippen LogP contribution < -0.4 is 10.4 Å². The van der Waals surface area contributed by atoms with E-state index >= 15 is 0 Å². The summed E-state index contributed by atoms with van der Waals surface area (Å²) in [7, 11) is 0. The maximum absolute atomic E-state index is 11.4. The molecule has 1 aromatic carbocycles. The molecule has 0 aliphatic carbocycles. The van der Waals surface area contributed by atoms with Gasteiger partial charge in [0.2, 0.25) is 0 Å². The van der Waals surface area contributed by atoms with E-state index in [9.17, 15) is 14.7 Å². The predicted octanol–water partition coefficient (Wildman–Crippen LogP) is 3.09. The lowest BCUT2D eigenvalue weighted by Crippen LogP contribution is -2.08. The van der Waals surface area contributed by atoms with Gasteiger partial charge in [-0.2, -0.15) is 0 Å². The van der Waals surface area contributed by atoms with Gasteiger partial charge in [-0.3, -0.25) is 0 Å². The molecule has 0 bridgehead atoms. The normalized spacial score (nSPS) is 17.5. The Morgan fingerprint density at radius 2 is 2.12 bits per heavy atom. The molecule has 2 aromatic rings. The van der Waals surface area contributed by atoms with Crippen molar-refractivity contribution < 1.29 is 23.8 Å². The number of phenols is 1. The summed E-state index contributed by atoms with van der Waals surface area (Å²) in [5.41, 5.74) is 1.41. The summed E-state index contributed by atoms with van der Waals surface area (Å²) >= 11 is 0. The van der Waals surface area contributed by atoms with Crippen LogP contribution in [0.5, 0.6) is 11.5 Å². The molecule has 3 rings (SSSR count). The average Bonchev–Trinajstić information content (AvgIpc) is 2.84. The smallest absolute Gasteiger partial charge is 0.336 e. The lowest BCUT2D eigenvalue weighted by Gasteiger charge is -2.10. The van der Waals surface area contributed by atoms with Gasteiger partial charge in [-0.05, 0) is 32.1 Å². The van der Waals surface area contributed by atoms with E-state index in [1.165, 1.54) is 18.2 Å². The highest BCUT2D eigenvalue weighted by atomic mass is 16.5. The summed E-state index contributed by atoms with van der Waals surface area (Å²) < 4.78 is 16.0. The van der Waals surface area contributed by atoms with Crippen LogP contribution in [0, 0.1) is 0 Å². The van der Waals surface area contributed by atoms with Crippen LogP contribution in [0.1, 0.15) is 20.3 Å². The second-order valence-corrected chi connectivity index (χ2v) is 5.97. The van der Waals surface area contributed by atoms with Gasteiger partial charge in [0, 0.05) is 30.2 Å². The lowest BCUT2D eigenvalue weighted by molar-refractivity contribution is -0.139. The molecule has 1 unspecified atom stereocenters. The first kappa shape index (κ1) is 16.8. The van der Waals surface area contributed by atoms with Crippen LogP contribution in [0.25, 0.3) is 11.0 Å². The van der Waals surface area contributed by atoms with Gasteiger partial charge in [-0.15, -0.1) is 0 Å². The fraction of sp³-hybridized carbons (Fsp3) is 0.263. The number of cyclic esters (lactones) is 1. The van der Waals surface area contributed by atoms with Crippen molar-refractivity contribution in [2.24, 2.45) is 0 Å². The molecule has 1 N–H and O–H groups in total. The monoisotopic (exact) mass is 342 g/mol. The highest BCUT2D eigenvalue weighted by Gasteiger charge is 2.21.